The van der Waals surface area contributed by atoms with E-state index in [1.54, 1.807) is 71.6 Å². The lowest BCUT2D eigenvalue weighted by Gasteiger charge is -2.32. The molecule has 0 aromatic heterocycles. The average Bonchev–Trinajstić information content (AvgIpc) is 2.84. The van der Waals surface area contributed by atoms with Crippen LogP contribution in [0.3, 0.4) is 0 Å². The molecule has 0 aliphatic carbocycles. The molecule has 34 heavy (non-hydrogen) atoms. The number of nitrogens with zero attached hydrogens (tertiary/aromatic N) is 1. The quantitative estimate of drug-likeness (QED) is 0.519. The maximum atomic E-state index is 12.9. The van der Waals surface area contributed by atoms with E-state index in [0.29, 0.717) is 47.9 Å². The Kier molecular flexibility index (Phi) is 7.19. The predicted octanol–water partition coefficient (Wildman–Crippen LogP) is 4.63. The molecule has 1 aliphatic heterocycles. The number of rotatable bonds is 6. The third kappa shape index (κ3) is 5.76. The van der Waals surface area contributed by atoms with E-state index in [4.69, 9.17) is 11.6 Å². The maximum absolute atomic E-state index is 12.9. The van der Waals surface area contributed by atoms with Crippen LogP contribution in [0.1, 0.15) is 23.2 Å². The number of amides is 2. The second kappa shape index (κ2) is 10.3. The normalized spacial score (nSPS) is 16.0. The highest BCUT2D eigenvalue weighted by molar-refractivity contribution is 7.92. The van der Waals surface area contributed by atoms with Gasteiger partial charge >= 0.3 is 0 Å². The Labute approximate surface area is 203 Å². The minimum absolute atomic E-state index is 0.133. The lowest BCUT2D eigenvalue weighted by Crippen LogP contribution is -2.43. The summed E-state index contributed by atoms with van der Waals surface area (Å²) < 4.78 is 27.7. The molecule has 1 aliphatic rings. The number of hydrogen-bond acceptors (Lipinski definition) is 4. The Morgan fingerprint density at radius 1 is 0.912 bits per heavy atom. The summed E-state index contributed by atoms with van der Waals surface area (Å²) in [5, 5.41) is 3.41. The zero-order chi connectivity index (χ0) is 24.1. The number of anilines is 2. The predicted molar refractivity (Wildman–Crippen MR) is 132 cm³/mol. The lowest BCUT2D eigenvalue weighted by molar-refractivity contribution is -0.121. The Morgan fingerprint density at radius 3 is 2.35 bits per heavy atom. The van der Waals surface area contributed by atoms with Gasteiger partial charge in [-0.05, 0) is 67.4 Å². The number of nitrogens with one attached hydrogen (secondary N) is 2. The fraction of sp³-hybridized carbons (Fsp3) is 0.200. The molecule has 1 saturated heterocycles. The highest BCUT2D eigenvalue weighted by atomic mass is 35.5. The highest BCUT2D eigenvalue weighted by Gasteiger charge is 2.29. The van der Waals surface area contributed by atoms with Crippen LogP contribution in [-0.2, 0) is 14.8 Å². The van der Waals surface area contributed by atoms with E-state index in [1.165, 1.54) is 12.1 Å². The van der Waals surface area contributed by atoms with Gasteiger partial charge in [0.2, 0.25) is 5.91 Å². The fourth-order valence-electron chi connectivity index (χ4n) is 3.87. The van der Waals surface area contributed by atoms with Crippen LogP contribution in [0.5, 0.6) is 0 Å². The van der Waals surface area contributed by atoms with Gasteiger partial charge in [-0.2, -0.15) is 0 Å². The van der Waals surface area contributed by atoms with E-state index < -0.39 is 10.0 Å². The van der Waals surface area contributed by atoms with Gasteiger partial charge in [-0.15, -0.1) is 0 Å². The summed E-state index contributed by atoms with van der Waals surface area (Å²) in [5.41, 5.74) is 1.34. The first-order chi connectivity index (χ1) is 16.3. The van der Waals surface area contributed by atoms with E-state index in [9.17, 15) is 18.0 Å². The molecule has 4 rings (SSSR count). The summed E-state index contributed by atoms with van der Waals surface area (Å²) in [6, 6.07) is 21.3. The second-order valence-corrected chi connectivity index (χ2v) is 10.2. The molecule has 2 N–H and O–H groups in total. The van der Waals surface area contributed by atoms with Crippen LogP contribution in [-0.4, -0.2) is 38.2 Å². The molecule has 176 valence electrons. The molecule has 9 heteroatoms. The van der Waals surface area contributed by atoms with Crippen molar-refractivity contribution < 1.29 is 18.0 Å². The first kappa shape index (κ1) is 23.8. The molecule has 3 aromatic rings. The Hall–Kier alpha value is -3.36. The van der Waals surface area contributed by atoms with Gasteiger partial charge in [0.1, 0.15) is 0 Å². The Bertz CT molecular complexity index is 1280. The third-order valence-electron chi connectivity index (χ3n) is 5.61. The summed E-state index contributed by atoms with van der Waals surface area (Å²) in [6.07, 6.45) is 1.38. The molecule has 0 radical (unpaired) electrons. The number of carbonyl (C=O) groups excluding carboxylic acids is 2. The van der Waals surface area contributed by atoms with Gasteiger partial charge in [0.15, 0.2) is 0 Å². The average molecular weight is 498 g/mol. The number of piperidine rings is 1. The van der Waals surface area contributed by atoms with Gasteiger partial charge < -0.3 is 10.2 Å². The summed E-state index contributed by atoms with van der Waals surface area (Å²) in [6.45, 7) is 0.898. The molecule has 1 fully saturated rings. The Balaban J connectivity index is 1.40. The van der Waals surface area contributed by atoms with Crippen molar-refractivity contribution in [3.8, 4) is 0 Å². The van der Waals surface area contributed by atoms with Gasteiger partial charge in [0.25, 0.3) is 15.9 Å². The molecule has 0 spiro atoms. The van der Waals surface area contributed by atoms with Gasteiger partial charge in [0.05, 0.1) is 16.5 Å². The van der Waals surface area contributed by atoms with Crippen LogP contribution in [0, 0.1) is 5.92 Å². The molecule has 1 heterocycles. The molecule has 1 atom stereocenters. The van der Waals surface area contributed by atoms with Crippen LogP contribution in [0.2, 0.25) is 5.02 Å². The SMILES string of the molecule is O=C(Nc1cccc(NS(=O)(=O)c2ccccc2)c1)C1CCCN(C(=O)c2ccc(Cl)cc2)C1. The second-order valence-electron chi connectivity index (χ2n) is 8.09. The molecular weight excluding hydrogens is 474 g/mol. The standard InChI is InChI=1S/C25H24ClN3O4S/c26-20-13-11-18(12-14-20)25(31)29-15-5-6-19(17-29)24(30)27-21-7-4-8-22(16-21)28-34(32,33)23-9-2-1-3-10-23/h1-4,7-14,16,19,28H,5-6,15,17H2,(H,27,30). The number of halogens is 1. The van der Waals surface area contributed by atoms with Gasteiger partial charge in [-0.1, -0.05) is 35.9 Å². The van der Waals surface area contributed by atoms with E-state index in [-0.39, 0.29) is 22.6 Å². The van der Waals surface area contributed by atoms with Crippen LogP contribution in [0.15, 0.2) is 83.8 Å². The number of carbonyl (C=O) groups is 2. The number of benzene rings is 3. The molecular formula is C25H24ClN3O4S. The van der Waals surface area contributed by atoms with E-state index >= 15 is 0 Å². The molecule has 2 amide bonds. The van der Waals surface area contributed by atoms with Crippen LogP contribution in [0.4, 0.5) is 11.4 Å². The van der Waals surface area contributed by atoms with Crippen LogP contribution >= 0.6 is 11.6 Å². The Morgan fingerprint density at radius 2 is 1.62 bits per heavy atom. The molecule has 0 bridgehead atoms. The summed E-state index contributed by atoms with van der Waals surface area (Å²) in [5.74, 6) is -0.710. The topological polar surface area (TPSA) is 95.6 Å². The summed E-state index contributed by atoms with van der Waals surface area (Å²) in [4.78, 5) is 27.6. The van der Waals surface area contributed by atoms with Crippen molar-refractivity contribution in [1.82, 2.24) is 4.90 Å². The third-order valence-corrected chi connectivity index (χ3v) is 7.26. The number of sulfonamides is 1. The van der Waals surface area contributed by atoms with Crippen LogP contribution in [0.25, 0.3) is 0 Å². The first-order valence-electron chi connectivity index (χ1n) is 10.9. The zero-order valence-electron chi connectivity index (χ0n) is 18.3. The van der Waals surface area contributed by atoms with Crippen molar-refractivity contribution in [2.45, 2.75) is 17.7 Å². The summed E-state index contributed by atoms with van der Waals surface area (Å²) >= 11 is 5.91. The van der Waals surface area contributed by atoms with E-state index in [0.717, 1.165) is 0 Å². The van der Waals surface area contributed by atoms with Crippen molar-refractivity contribution in [3.05, 3.63) is 89.4 Å². The van der Waals surface area contributed by atoms with E-state index in [2.05, 4.69) is 10.0 Å². The fourth-order valence-corrected chi connectivity index (χ4v) is 5.07. The van der Waals surface area contributed by atoms with Crippen molar-refractivity contribution >= 4 is 44.8 Å². The minimum Gasteiger partial charge on any atom is -0.338 e. The molecule has 0 saturated carbocycles. The van der Waals surface area contributed by atoms with Crippen molar-refractivity contribution in [1.29, 1.82) is 0 Å². The molecule has 7 nitrogen and oxygen atoms in total. The van der Waals surface area contributed by atoms with Crippen LogP contribution < -0.4 is 10.0 Å². The van der Waals surface area contributed by atoms with Gasteiger partial charge in [0, 0.05) is 29.4 Å². The molecule has 3 aromatic carbocycles. The number of likely N-dealkylation sites (tertiary alicyclic amines) is 1. The van der Waals surface area contributed by atoms with Gasteiger partial charge in [-0.3, -0.25) is 14.3 Å². The van der Waals surface area contributed by atoms with E-state index in [1.807, 2.05) is 0 Å². The van der Waals surface area contributed by atoms with Gasteiger partial charge in [-0.25, -0.2) is 8.42 Å². The maximum Gasteiger partial charge on any atom is 0.261 e. The highest BCUT2D eigenvalue weighted by Crippen LogP contribution is 2.23. The monoisotopic (exact) mass is 497 g/mol. The minimum atomic E-state index is -3.74. The van der Waals surface area contributed by atoms with Crippen molar-refractivity contribution in [2.75, 3.05) is 23.1 Å². The summed E-state index contributed by atoms with van der Waals surface area (Å²) in [7, 11) is -3.74. The van der Waals surface area contributed by atoms with Crippen molar-refractivity contribution in [3.63, 3.8) is 0 Å². The first-order valence-corrected chi connectivity index (χ1v) is 12.7. The zero-order valence-corrected chi connectivity index (χ0v) is 19.9. The number of hydrogen-bond donors (Lipinski definition) is 2. The lowest BCUT2D eigenvalue weighted by atomic mass is 9.96. The largest absolute Gasteiger partial charge is 0.338 e. The molecule has 1 unspecified atom stereocenters. The van der Waals surface area contributed by atoms with Crippen molar-refractivity contribution in [2.24, 2.45) is 5.92 Å². The smallest absolute Gasteiger partial charge is 0.261 e.